The number of alkyl halides is 12. The first-order valence-corrected chi connectivity index (χ1v) is 19.1. The maximum Gasteiger partial charge on any atom is 0.512 e. The highest BCUT2D eigenvalue weighted by molar-refractivity contribution is 8.13. The molecule has 0 bridgehead atoms. The summed E-state index contributed by atoms with van der Waals surface area (Å²) >= 11 is 0. The molecule has 0 aromatic heterocycles. The van der Waals surface area contributed by atoms with Gasteiger partial charge < -0.3 is 14.8 Å². The molecule has 0 saturated heterocycles. The lowest BCUT2D eigenvalue weighted by Gasteiger charge is -2.39. The molecule has 0 fully saturated rings. The van der Waals surface area contributed by atoms with E-state index in [1.807, 2.05) is 0 Å². The smallest absolute Gasteiger partial charge is 0.421 e. The number of quaternary nitrogens is 1. The van der Waals surface area contributed by atoms with Crippen molar-refractivity contribution in [1.29, 1.82) is 0 Å². The van der Waals surface area contributed by atoms with Crippen LogP contribution in [-0.4, -0.2) is 86.4 Å². The van der Waals surface area contributed by atoms with Gasteiger partial charge in [0.25, 0.3) is 0 Å². The average molecular weight is 821 g/mol. The zero-order valence-corrected chi connectivity index (χ0v) is 29.3. The van der Waals surface area contributed by atoms with Crippen molar-refractivity contribution in [3.63, 3.8) is 0 Å². The molecule has 48 heavy (non-hydrogen) atoms. The van der Waals surface area contributed by atoms with E-state index in [9.17, 15) is 86.4 Å². The fourth-order valence-electron chi connectivity index (χ4n) is 3.44. The lowest BCUT2D eigenvalue weighted by atomic mass is 10.1. The Labute approximate surface area is 272 Å². The number of nitrogens with zero attached hydrogens (tertiary/aromatic N) is 2. The summed E-state index contributed by atoms with van der Waals surface area (Å²) in [4.78, 5) is 0. The van der Waals surface area contributed by atoms with Crippen LogP contribution in [0.25, 0.3) is 4.13 Å². The first kappa shape index (κ1) is 53.6. The van der Waals surface area contributed by atoms with Crippen molar-refractivity contribution in [2.45, 2.75) is 101 Å². The van der Waals surface area contributed by atoms with Crippen LogP contribution in [0.1, 0.15) is 79.1 Å². The summed E-state index contributed by atoms with van der Waals surface area (Å²) in [6, 6.07) is 0. The van der Waals surface area contributed by atoms with Crippen LogP contribution in [0.15, 0.2) is 0 Å². The third-order valence-electron chi connectivity index (χ3n) is 5.48. The van der Waals surface area contributed by atoms with Crippen LogP contribution in [0.3, 0.4) is 0 Å². The molecular formula is C20H40F12N4O8S4. The van der Waals surface area contributed by atoms with E-state index >= 15 is 0 Å². The van der Waals surface area contributed by atoms with Crippen LogP contribution < -0.4 is 10.3 Å². The summed E-state index contributed by atoms with van der Waals surface area (Å²) in [7, 11) is -26.6. The minimum absolute atomic E-state index is 0. The Morgan fingerprint density at radius 2 is 0.771 bits per heavy atom. The van der Waals surface area contributed by atoms with Crippen LogP contribution in [0.4, 0.5) is 52.7 Å². The van der Waals surface area contributed by atoms with Gasteiger partial charge in [0.2, 0.25) is 0 Å². The number of hydrogen-bond donors (Lipinski definition) is 2. The molecule has 0 radical (unpaired) electrons. The Hall–Kier alpha value is -1.20. The molecule has 0 spiro atoms. The van der Waals surface area contributed by atoms with Gasteiger partial charge in [-0.25, -0.2) is 33.7 Å². The third kappa shape index (κ3) is 19.3. The van der Waals surface area contributed by atoms with E-state index in [1.165, 1.54) is 82.0 Å². The lowest BCUT2D eigenvalue weighted by molar-refractivity contribution is -0.928. The van der Waals surface area contributed by atoms with Crippen molar-refractivity contribution in [2.75, 3.05) is 26.2 Å². The molecule has 4 N–H and O–H groups in total. The molecule has 0 rings (SSSR count). The van der Waals surface area contributed by atoms with Gasteiger partial charge in [-0.05, 0) is 32.1 Å². The third-order valence-corrected chi connectivity index (χ3v) is 11.2. The van der Waals surface area contributed by atoms with Gasteiger partial charge >= 0.3 is 42.1 Å². The first-order valence-electron chi connectivity index (χ1n) is 13.3. The Morgan fingerprint density at radius 1 is 0.458 bits per heavy atom. The second-order valence-corrected chi connectivity index (χ2v) is 16.6. The normalized spacial score (nSPS) is 13.8. The second-order valence-electron chi connectivity index (χ2n) is 9.55. The highest BCUT2D eigenvalue weighted by atomic mass is 32.3. The van der Waals surface area contributed by atoms with Gasteiger partial charge in [0.15, 0.2) is 20.0 Å². The minimum Gasteiger partial charge on any atom is -0.421 e. The largest absolute Gasteiger partial charge is 0.512 e. The monoisotopic (exact) mass is 820 g/mol. The van der Waals surface area contributed by atoms with Gasteiger partial charge in [0.05, 0.1) is 26.2 Å². The van der Waals surface area contributed by atoms with E-state index in [0.29, 0.717) is 0 Å². The second kappa shape index (κ2) is 20.6. The number of rotatable bonds is 16. The zero-order valence-electron chi connectivity index (χ0n) is 26.0. The van der Waals surface area contributed by atoms with Crippen molar-refractivity contribution in [3.05, 3.63) is 4.13 Å². The van der Waals surface area contributed by atoms with Gasteiger partial charge in [0, 0.05) is 0 Å². The highest BCUT2D eigenvalue weighted by Crippen LogP contribution is 2.36. The Kier molecular flexibility index (Phi) is 23.0. The molecule has 0 aromatic rings. The zero-order chi connectivity index (χ0) is 38.4. The van der Waals surface area contributed by atoms with Gasteiger partial charge in [-0.2, -0.15) is 52.7 Å². The molecule has 0 atom stereocenters. The van der Waals surface area contributed by atoms with Crippen molar-refractivity contribution >= 4 is 40.1 Å². The molecule has 0 aromatic carbocycles. The van der Waals surface area contributed by atoms with Gasteiger partial charge in [-0.3, -0.25) is 0 Å². The molecule has 0 saturated carbocycles. The number of halogens is 12. The summed E-state index contributed by atoms with van der Waals surface area (Å²) in [5, 5.41) is 0. The van der Waals surface area contributed by atoms with Crippen molar-refractivity contribution < 1.29 is 90.8 Å². The van der Waals surface area contributed by atoms with Crippen LogP contribution >= 0.6 is 0 Å². The molecule has 0 aliphatic carbocycles. The number of sulfonamides is 4. The summed E-state index contributed by atoms with van der Waals surface area (Å²) in [5.74, 6) is 0. The fraction of sp³-hybridized carbons (Fsp3) is 1.00. The fourth-order valence-corrected chi connectivity index (χ4v) is 7.06. The molecule has 28 heteroatoms. The summed E-state index contributed by atoms with van der Waals surface area (Å²) < 4.78 is 219. The highest BCUT2D eigenvalue weighted by Gasteiger charge is 2.55. The predicted octanol–water partition coefficient (Wildman–Crippen LogP) is 6.50. The first-order chi connectivity index (χ1) is 20.7. The molecule has 0 amide bonds. The quantitative estimate of drug-likeness (QED) is 0.0992. The van der Waals surface area contributed by atoms with E-state index in [2.05, 4.69) is 27.7 Å². The maximum atomic E-state index is 11.5. The number of unbranched alkanes of at least 4 members (excludes halogenated alkanes) is 4. The summed E-state index contributed by atoms with van der Waals surface area (Å²) in [6.07, 6.45) is 11.1. The van der Waals surface area contributed by atoms with E-state index < -0.39 is 66.3 Å². The van der Waals surface area contributed by atoms with Crippen molar-refractivity contribution in [2.24, 2.45) is 0 Å². The van der Waals surface area contributed by atoms with Gasteiger partial charge in [0.1, 0.15) is 0 Å². The molecule has 296 valence electrons. The van der Waals surface area contributed by atoms with E-state index in [4.69, 9.17) is 0 Å². The topological polar surface area (TPSA) is 198 Å². The Balaban J connectivity index is -0.000000300. The lowest BCUT2D eigenvalue weighted by Crippen LogP contribution is -2.50. The minimum atomic E-state index is -6.72. The van der Waals surface area contributed by atoms with Crippen LogP contribution in [-0.2, 0) is 40.1 Å². The van der Waals surface area contributed by atoms with Crippen molar-refractivity contribution in [1.82, 2.24) is 10.3 Å². The van der Waals surface area contributed by atoms with E-state index in [-0.39, 0.29) is 6.15 Å². The SMILES string of the molecule is CCCCCC[N+](CCC)(CCC)CCCC.N.O=S(=O)(NS(=O)(=O)C(F)(F)F)C(F)(F)F.O=S(=O)([N-]S(=O)(=O)C(F)(F)F)C(F)(F)F. The van der Waals surface area contributed by atoms with Crippen LogP contribution in [0.5, 0.6) is 0 Å². The van der Waals surface area contributed by atoms with E-state index in [0.717, 1.165) is 4.13 Å². The molecule has 0 heterocycles. The Bertz CT molecular complexity index is 1170. The summed E-state index contributed by atoms with van der Waals surface area (Å²) in [5.41, 5.74) is -24.7. The predicted molar refractivity (Wildman–Crippen MR) is 151 cm³/mol. The molecule has 0 aliphatic heterocycles. The summed E-state index contributed by atoms with van der Waals surface area (Å²) in [6.45, 7) is 15.0. The molecular weight excluding hydrogens is 780 g/mol. The van der Waals surface area contributed by atoms with Gasteiger partial charge in [-0.1, -0.05) is 51.1 Å². The molecule has 0 unspecified atom stereocenters. The Morgan fingerprint density at radius 3 is 1.02 bits per heavy atom. The standard InChI is InChI=1S/C16H36N.C2HF6NO4S2.C2F6NO4S2.H3N/c1-5-9-11-12-16-17(13-7-3,14-8-4)15-10-6-2;2*3-1(4,5)14(10,11)9-15(12,13)2(6,7)8;/h5-16H2,1-4H3;9H;;1H3/q+1;;-1;. The van der Waals surface area contributed by atoms with Crippen LogP contribution in [0.2, 0.25) is 0 Å². The molecule has 12 nitrogen and oxygen atoms in total. The maximum absolute atomic E-state index is 11.5. The van der Waals surface area contributed by atoms with E-state index in [1.54, 1.807) is 0 Å². The number of hydrogen-bond acceptors (Lipinski definition) is 9. The van der Waals surface area contributed by atoms with Crippen LogP contribution in [0, 0.1) is 0 Å². The molecule has 0 aliphatic rings. The number of nitrogens with one attached hydrogen (secondary N) is 1. The average Bonchev–Trinajstić information content (AvgIpc) is 2.82. The van der Waals surface area contributed by atoms with Gasteiger partial charge in [-0.15, -0.1) is 0 Å². The van der Waals surface area contributed by atoms with Crippen molar-refractivity contribution in [3.8, 4) is 0 Å².